The second kappa shape index (κ2) is 12.3. The molecule has 0 atom stereocenters. The smallest absolute Gasteiger partial charge is 0.273 e. The predicted octanol–water partition coefficient (Wildman–Crippen LogP) is 6.76. The van der Waals surface area contributed by atoms with Crippen molar-refractivity contribution in [3.05, 3.63) is 101 Å². The summed E-state index contributed by atoms with van der Waals surface area (Å²) in [5, 5.41) is 6.88. The summed E-state index contributed by atoms with van der Waals surface area (Å²) in [4.78, 5) is 12.5. The zero-order chi connectivity index (χ0) is 26.2. The van der Waals surface area contributed by atoms with Gasteiger partial charge in [-0.2, -0.15) is 0 Å². The zero-order valence-corrected chi connectivity index (χ0v) is 21.9. The molecule has 1 heterocycles. The fraction of sp³-hybridized carbons (Fsp3) is 0.290. The van der Waals surface area contributed by atoms with Gasteiger partial charge >= 0.3 is 0 Å². The van der Waals surface area contributed by atoms with E-state index in [9.17, 15) is 4.79 Å². The van der Waals surface area contributed by atoms with Crippen LogP contribution in [0.25, 0.3) is 11.3 Å². The zero-order valence-electron chi connectivity index (χ0n) is 21.9. The Kier molecular flexibility index (Phi) is 8.62. The third kappa shape index (κ3) is 6.58. The Bertz CT molecular complexity index is 1310. The monoisotopic (exact) mass is 498 g/mol. The van der Waals surface area contributed by atoms with Gasteiger partial charge in [0.15, 0.2) is 11.5 Å². The van der Waals surface area contributed by atoms with Gasteiger partial charge in [0.05, 0.1) is 5.56 Å². The van der Waals surface area contributed by atoms with Crippen molar-refractivity contribution in [2.75, 3.05) is 6.54 Å². The molecule has 6 heteroatoms. The molecule has 0 fully saturated rings. The van der Waals surface area contributed by atoms with Crippen LogP contribution in [0.1, 0.15) is 53.5 Å². The summed E-state index contributed by atoms with van der Waals surface area (Å²) in [6.45, 7) is 9.41. The lowest BCUT2D eigenvalue weighted by Gasteiger charge is -2.18. The van der Waals surface area contributed by atoms with Gasteiger partial charge in [-0.15, -0.1) is 0 Å². The summed E-state index contributed by atoms with van der Waals surface area (Å²) in [5.41, 5.74) is 4.88. The number of amides is 1. The maximum atomic E-state index is 12.5. The van der Waals surface area contributed by atoms with Crippen LogP contribution in [0.2, 0.25) is 0 Å². The van der Waals surface area contributed by atoms with Gasteiger partial charge in [-0.3, -0.25) is 4.79 Å². The van der Waals surface area contributed by atoms with Crippen LogP contribution in [0.15, 0.2) is 77.3 Å². The van der Waals surface area contributed by atoms with E-state index in [0.29, 0.717) is 42.7 Å². The molecule has 1 aromatic heterocycles. The third-order valence-electron chi connectivity index (χ3n) is 5.99. The predicted molar refractivity (Wildman–Crippen MR) is 145 cm³/mol. The first-order valence-electron chi connectivity index (χ1n) is 12.7. The van der Waals surface area contributed by atoms with Crippen LogP contribution >= 0.6 is 0 Å². The second-order valence-corrected chi connectivity index (χ2v) is 9.45. The average Bonchev–Trinajstić information content (AvgIpc) is 3.29. The normalized spacial score (nSPS) is 10.9. The molecule has 37 heavy (non-hydrogen) atoms. The first-order valence-corrected chi connectivity index (χ1v) is 12.7. The number of hydrogen-bond acceptors (Lipinski definition) is 5. The van der Waals surface area contributed by atoms with Gasteiger partial charge in [0.25, 0.3) is 5.91 Å². The SMILES string of the molecule is CCNC(=O)c1noc(-c2cc(CC(C)C)c(OCc3ccccc3)cc2OCc2ccccc2)c1C. The molecule has 0 aliphatic heterocycles. The van der Waals surface area contributed by atoms with E-state index in [1.165, 1.54) is 0 Å². The Morgan fingerprint density at radius 3 is 2.08 bits per heavy atom. The molecule has 1 N–H and O–H groups in total. The average molecular weight is 499 g/mol. The number of hydrogen-bond donors (Lipinski definition) is 1. The first-order chi connectivity index (χ1) is 18.0. The van der Waals surface area contributed by atoms with E-state index in [0.717, 1.165) is 34.4 Å². The molecule has 0 bridgehead atoms. The highest BCUT2D eigenvalue weighted by atomic mass is 16.5. The van der Waals surface area contributed by atoms with Gasteiger partial charge in [0, 0.05) is 18.2 Å². The van der Waals surface area contributed by atoms with Gasteiger partial charge in [0.1, 0.15) is 24.7 Å². The summed E-state index contributed by atoms with van der Waals surface area (Å²) in [6, 6.07) is 24.1. The second-order valence-electron chi connectivity index (χ2n) is 9.45. The number of carbonyl (C=O) groups excluding carboxylic acids is 1. The van der Waals surface area contributed by atoms with Gasteiger partial charge in [-0.1, -0.05) is 79.7 Å². The van der Waals surface area contributed by atoms with Crippen LogP contribution in [0.5, 0.6) is 11.5 Å². The molecule has 0 aliphatic rings. The first kappa shape index (κ1) is 26.0. The summed E-state index contributed by atoms with van der Waals surface area (Å²) >= 11 is 0. The largest absolute Gasteiger partial charge is 0.488 e. The molecule has 192 valence electrons. The van der Waals surface area contributed by atoms with Crippen molar-refractivity contribution in [3.63, 3.8) is 0 Å². The molecule has 6 nitrogen and oxygen atoms in total. The van der Waals surface area contributed by atoms with E-state index in [4.69, 9.17) is 14.0 Å². The number of benzene rings is 3. The van der Waals surface area contributed by atoms with Crippen LogP contribution in [0.4, 0.5) is 0 Å². The van der Waals surface area contributed by atoms with Crippen molar-refractivity contribution < 1.29 is 18.8 Å². The molecule has 0 unspecified atom stereocenters. The number of carbonyl (C=O) groups is 1. The van der Waals surface area contributed by atoms with Crippen molar-refractivity contribution in [2.24, 2.45) is 5.92 Å². The Hall–Kier alpha value is -4.06. The lowest BCUT2D eigenvalue weighted by molar-refractivity contribution is 0.0946. The highest BCUT2D eigenvalue weighted by Crippen LogP contribution is 2.40. The molecular weight excluding hydrogens is 464 g/mol. The molecule has 4 rings (SSSR count). The number of aromatic nitrogens is 1. The Balaban J connectivity index is 1.76. The van der Waals surface area contributed by atoms with E-state index >= 15 is 0 Å². The van der Waals surface area contributed by atoms with Gasteiger partial charge in [-0.25, -0.2) is 0 Å². The molecule has 3 aromatic carbocycles. The lowest BCUT2D eigenvalue weighted by atomic mass is 9.97. The van der Waals surface area contributed by atoms with E-state index in [1.807, 2.05) is 80.6 Å². The minimum absolute atomic E-state index is 0.257. The number of nitrogens with zero attached hydrogens (tertiary/aromatic N) is 1. The van der Waals surface area contributed by atoms with Crippen molar-refractivity contribution in [1.82, 2.24) is 10.5 Å². The quantitative estimate of drug-likeness (QED) is 0.247. The molecule has 0 saturated heterocycles. The summed E-state index contributed by atoms with van der Waals surface area (Å²) in [7, 11) is 0. The van der Waals surface area contributed by atoms with Crippen LogP contribution in [0, 0.1) is 12.8 Å². The van der Waals surface area contributed by atoms with Crippen LogP contribution < -0.4 is 14.8 Å². The van der Waals surface area contributed by atoms with E-state index < -0.39 is 0 Å². The van der Waals surface area contributed by atoms with Gasteiger partial charge < -0.3 is 19.3 Å². The number of rotatable bonds is 11. The fourth-order valence-electron chi connectivity index (χ4n) is 4.15. The molecule has 4 aromatic rings. The van der Waals surface area contributed by atoms with E-state index in [2.05, 4.69) is 30.4 Å². The molecule has 1 amide bonds. The van der Waals surface area contributed by atoms with Gasteiger partial charge in [0.2, 0.25) is 0 Å². The maximum Gasteiger partial charge on any atom is 0.273 e. The van der Waals surface area contributed by atoms with Crippen molar-refractivity contribution in [2.45, 2.75) is 47.3 Å². The molecule has 0 radical (unpaired) electrons. The third-order valence-corrected chi connectivity index (χ3v) is 5.99. The Labute approximate surface area is 218 Å². The fourth-order valence-corrected chi connectivity index (χ4v) is 4.15. The highest BCUT2D eigenvalue weighted by Gasteiger charge is 2.24. The summed E-state index contributed by atoms with van der Waals surface area (Å²) in [6.07, 6.45) is 0.812. The maximum absolute atomic E-state index is 12.5. The molecule has 0 spiro atoms. The summed E-state index contributed by atoms with van der Waals surface area (Å²) < 4.78 is 18.4. The lowest BCUT2D eigenvalue weighted by Crippen LogP contribution is -2.23. The van der Waals surface area contributed by atoms with Crippen molar-refractivity contribution in [3.8, 4) is 22.8 Å². The highest BCUT2D eigenvalue weighted by molar-refractivity contribution is 5.95. The van der Waals surface area contributed by atoms with E-state index in [1.54, 1.807) is 0 Å². The van der Waals surface area contributed by atoms with Gasteiger partial charge in [-0.05, 0) is 48.9 Å². The van der Waals surface area contributed by atoms with E-state index in [-0.39, 0.29) is 11.6 Å². The Morgan fingerprint density at radius 2 is 1.51 bits per heavy atom. The van der Waals surface area contributed by atoms with Crippen molar-refractivity contribution >= 4 is 5.91 Å². The molecule has 0 aliphatic carbocycles. The van der Waals surface area contributed by atoms with Crippen LogP contribution in [-0.4, -0.2) is 17.6 Å². The topological polar surface area (TPSA) is 73.6 Å². The number of ether oxygens (including phenoxy) is 2. The van der Waals surface area contributed by atoms with Crippen molar-refractivity contribution in [1.29, 1.82) is 0 Å². The minimum Gasteiger partial charge on any atom is -0.488 e. The van der Waals surface area contributed by atoms with Crippen LogP contribution in [0.3, 0.4) is 0 Å². The summed E-state index contributed by atoms with van der Waals surface area (Å²) in [5.74, 6) is 2.05. The number of nitrogens with one attached hydrogen (secondary N) is 1. The molecular formula is C31H34N2O4. The van der Waals surface area contributed by atoms with Crippen LogP contribution in [-0.2, 0) is 19.6 Å². The Morgan fingerprint density at radius 1 is 0.919 bits per heavy atom. The minimum atomic E-state index is -0.257. The standard InChI is InChI=1S/C31H34N2O4/c1-5-32-31(34)29-22(4)30(37-33-29)26-17-25(16-21(2)3)27(35-19-23-12-8-6-9-13-23)18-28(26)36-20-24-14-10-7-11-15-24/h6-15,17-18,21H,5,16,19-20H2,1-4H3,(H,32,34). The molecule has 0 saturated carbocycles.